The van der Waals surface area contributed by atoms with Gasteiger partial charge in [0, 0.05) is 11.6 Å². The van der Waals surface area contributed by atoms with Crippen molar-refractivity contribution in [1.82, 2.24) is 10.6 Å². The molecule has 1 heterocycles. The monoisotopic (exact) mass is 377 g/mol. The van der Waals surface area contributed by atoms with E-state index < -0.39 is 35.5 Å². The fourth-order valence-corrected chi connectivity index (χ4v) is 2.65. The van der Waals surface area contributed by atoms with Crippen molar-refractivity contribution in [3.05, 3.63) is 50.7 Å². The molecule has 27 heavy (non-hydrogen) atoms. The molecule has 1 aromatic rings. The summed E-state index contributed by atoms with van der Waals surface area (Å²) in [6.07, 6.45) is 0. The van der Waals surface area contributed by atoms with Crippen LogP contribution < -0.4 is 10.6 Å². The lowest BCUT2D eigenvalue weighted by atomic mass is 10.0. The predicted molar refractivity (Wildman–Crippen MR) is 92.9 cm³/mol. The third-order valence-electron chi connectivity index (χ3n) is 3.93. The van der Waals surface area contributed by atoms with E-state index >= 15 is 0 Å². The molecule has 2 rings (SSSR count). The van der Waals surface area contributed by atoms with Crippen LogP contribution in [0.2, 0.25) is 0 Å². The van der Waals surface area contributed by atoms with E-state index in [0.29, 0.717) is 0 Å². The molecule has 0 aromatic heterocycles. The number of urea groups is 1. The van der Waals surface area contributed by atoms with Crippen molar-refractivity contribution >= 4 is 23.7 Å². The van der Waals surface area contributed by atoms with E-state index in [2.05, 4.69) is 10.6 Å². The summed E-state index contributed by atoms with van der Waals surface area (Å²) in [6, 6.07) is 2.87. The van der Waals surface area contributed by atoms with Crippen molar-refractivity contribution < 1.29 is 28.8 Å². The van der Waals surface area contributed by atoms with Crippen molar-refractivity contribution in [3.63, 3.8) is 0 Å². The lowest BCUT2D eigenvalue weighted by molar-refractivity contribution is -0.385. The SMILES string of the molecule is CCOC(=O)C1=C(COC(=O)c2cccc([N+](=O)[O-])c2C)NC(=O)N[C@H]1C. The Bertz CT molecular complexity index is 832. The number of carbonyl (C=O) groups excluding carboxylic acids is 3. The summed E-state index contributed by atoms with van der Waals surface area (Å²) in [6.45, 7) is 4.42. The van der Waals surface area contributed by atoms with Crippen LogP contribution in [0.25, 0.3) is 0 Å². The van der Waals surface area contributed by atoms with Gasteiger partial charge in [0.1, 0.15) is 6.61 Å². The van der Waals surface area contributed by atoms with Gasteiger partial charge in [0.15, 0.2) is 0 Å². The molecule has 10 heteroatoms. The second-order valence-electron chi connectivity index (χ2n) is 5.72. The van der Waals surface area contributed by atoms with E-state index in [9.17, 15) is 24.5 Å². The second kappa shape index (κ2) is 8.30. The molecule has 2 amide bonds. The second-order valence-corrected chi connectivity index (χ2v) is 5.72. The first kappa shape index (κ1) is 19.9. The third kappa shape index (κ3) is 4.40. The summed E-state index contributed by atoms with van der Waals surface area (Å²) in [7, 11) is 0. The number of amides is 2. The number of nitro benzene ring substituents is 1. The Balaban J connectivity index is 2.24. The normalized spacial score (nSPS) is 16.3. The van der Waals surface area contributed by atoms with Crippen LogP contribution in [0.4, 0.5) is 10.5 Å². The first-order chi connectivity index (χ1) is 12.8. The molecule has 0 spiro atoms. The minimum atomic E-state index is -0.813. The molecule has 0 aliphatic carbocycles. The van der Waals surface area contributed by atoms with E-state index in [-0.39, 0.29) is 34.7 Å². The largest absolute Gasteiger partial charge is 0.463 e. The Morgan fingerprint density at radius 3 is 2.59 bits per heavy atom. The number of hydrogen-bond donors (Lipinski definition) is 2. The fraction of sp³-hybridized carbons (Fsp3) is 0.353. The van der Waals surface area contributed by atoms with Gasteiger partial charge in [-0.05, 0) is 26.8 Å². The highest BCUT2D eigenvalue weighted by molar-refractivity contribution is 5.95. The number of hydrogen-bond acceptors (Lipinski definition) is 7. The van der Waals surface area contributed by atoms with Crippen molar-refractivity contribution in [2.24, 2.45) is 0 Å². The molecule has 2 N–H and O–H groups in total. The Morgan fingerprint density at radius 1 is 1.26 bits per heavy atom. The lowest BCUT2D eigenvalue weighted by Crippen LogP contribution is -2.50. The Labute approximate surface area is 154 Å². The maximum absolute atomic E-state index is 12.3. The molecule has 144 valence electrons. The summed E-state index contributed by atoms with van der Waals surface area (Å²) in [5.41, 5.74) is 0.214. The molecule has 10 nitrogen and oxygen atoms in total. The topological polar surface area (TPSA) is 137 Å². The Hall–Kier alpha value is -3.43. The number of nitrogens with zero attached hydrogens (tertiary/aromatic N) is 1. The highest BCUT2D eigenvalue weighted by atomic mass is 16.6. The molecule has 0 radical (unpaired) electrons. The average Bonchev–Trinajstić information content (AvgIpc) is 2.59. The van der Waals surface area contributed by atoms with Gasteiger partial charge < -0.3 is 20.1 Å². The van der Waals surface area contributed by atoms with Crippen LogP contribution in [-0.2, 0) is 14.3 Å². The van der Waals surface area contributed by atoms with Crippen molar-refractivity contribution in [2.45, 2.75) is 26.8 Å². The van der Waals surface area contributed by atoms with Gasteiger partial charge >= 0.3 is 18.0 Å². The van der Waals surface area contributed by atoms with Crippen LogP contribution in [0.1, 0.15) is 29.8 Å². The van der Waals surface area contributed by atoms with Crippen LogP contribution in [-0.4, -0.2) is 42.1 Å². The Kier molecular flexibility index (Phi) is 6.11. The first-order valence-electron chi connectivity index (χ1n) is 8.15. The number of ether oxygens (including phenoxy) is 2. The maximum atomic E-state index is 12.3. The maximum Gasteiger partial charge on any atom is 0.339 e. The van der Waals surface area contributed by atoms with Crippen molar-refractivity contribution in [2.75, 3.05) is 13.2 Å². The zero-order valence-corrected chi connectivity index (χ0v) is 15.0. The molecule has 0 saturated carbocycles. The summed E-state index contributed by atoms with van der Waals surface area (Å²) in [5.74, 6) is -1.46. The number of rotatable bonds is 6. The number of carbonyl (C=O) groups is 3. The van der Waals surface area contributed by atoms with Crippen molar-refractivity contribution in [1.29, 1.82) is 0 Å². The smallest absolute Gasteiger partial charge is 0.339 e. The quantitative estimate of drug-likeness (QED) is 0.436. The van der Waals surface area contributed by atoms with Gasteiger partial charge in [-0.25, -0.2) is 14.4 Å². The highest BCUT2D eigenvalue weighted by Gasteiger charge is 2.30. The summed E-state index contributed by atoms with van der Waals surface area (Å²) in [5, 5.41) is 15.9. The molecule has 0 saturated heterocycles. The molecule has 1 aliphatic rings. The van der Waals surface area contributed by atoms with Crippen LogP contribution in [0.5, 0.6) is 0 Å². The zero-order chi connectivity index (χ0) is 20.1. The van der Waals surface area contributed by atoms with E-state index in [4.69, 9.17) is 9.47 Å². The minimum absolute atomic E-state index is 0.0239. The van der Waals surface area contributed by atoms with Gasteiger partial charge in [0.25, 0.3) is 5.69 Å². The number of esters is 2. The molecule has 1 atom stereocenters. The van der Waals surface area contributed by atoms with Gasteiger partial charge in [-0.2, -0.15) is 0 Å². The lowest BCUT2D eigenvalue weighted by Gasteiger charge is -2.26. The summed E-state index contributed by atoms with van der Waals surface area (Å²) in [4.78, 5) is 46.5. The van der Waals surface area contributed by atoms with Crippen LogP contribution in [0.15, 0.2) is 29.5 Å². The summed E-state index contributed by atoms with van der Waals surface area (Å²) < 4.78 is 10.1. The van der Waals surface area contributed by atoms with Gasteiger partial charge in [-0.15, -0.1) is 0 Å². The minimum Gasteiger partial charge on any atom is -0.463 e. The van der Waals surface area contributed by atoms with Crippen LogP contribution in [0.3, 0.4) is 0 Å². The van der Waals surface area contributed by atoms with Crippen molar-refractivity contribution in [3.8, 4) is 0 Å². The molecular weight excluding hydrogens is 358 g/mol. The zero-order valence-electron chi connectivity index (χ0n) is 15.0. The molecular formula is C17H19N3O7. The van der Waals surface area contributed by atoms with E-state index in [1.165, 1.54) is 25.1 Å². The Morgan fingerprint density at radius 2 is 1.96 bits per heavy atom. The van der Waals surface area contributed by atoms with Crippen LogP contribution in [0, 0.1) is 17.0 Å². The predicted octanol–water partition coefficient (Wildman–Crippen LogP) is 1.58. The highest BCUT2D eigenvalue weighted by Crippen LogP contribution is 2.22. The third-order valence-corrected chi connectivity index (χ3v) is 3.93. The number of benzene rings is 1. The standard InChI is InChI=1S/C17H19N3O7/c1-4-26-16(22)14-10(3)18-17(23)19-12(14)8-27-15(21)11-6-5-7-13(9(11)2)20(24)25/h5-7,10H,4,8H2,1-3H3,(H2,18,19,23)/t10-/m0/s1. The van der Waals surface area contributed by atoms with E-state index in [1.54, 1.807) is 13.8 Å². The molecule has 0 fully saturated rings. The van der Waals surface area contributed by atoms with Crippen LogP contribution >= 0.6 is 0 Å². The molecule has 0 bridgehead atoms. The van der Waals surface area contributed by atoms with Gasteiger partial charge in [0.05, 0.1) is 34.4 Å². The number of nitrogens with one attached hydrogen (secondary N) is 2. The van der Waals surface area contributed by atoms with Gasteiger partial charge in [0.2, 0.25) is 0 Å². The molecule has 0 unspecified atom stereocenters. The molecule has 1 aromatic carbocycles. The van der Waals surface area contributed by atoms with Gasteiger partial charge in [-0.3, -0.25) is 10.1 Å². The number of nitro groups is 1. The summed E-state index contributed by atoms with van der Waals surface area (Å²) >= 11 is 0. The first-order valence-corrected chi connectivity index (χ1v) is 8.15. The molecule has 1 aliphatic heterocycles. The van der Waals surface area contributed by atoms with E-state index in [1.807, 2.05) is 0 Å². The van der Waals surface area contributed by atoms with E-state index in [0.717, 1.165) is 0 Å². The fourth-order valence-electron chi connectivity index (χ4n) is 2.65. The average molecular weight is 377 g/mol. The van der Waals surface area contributed by atoms with Gasteiger partial charge in [-0.1, -0.05) is 6.07 Å².